The van der Waals surface area contributed by atoms with E-state index in [4.69, 9.17) is 9.47 Å². The fourth-order valence-electron chi connectivity index (χ4n) is 3.76. The Kier molecular flexibility index (Phi) is 6.47. The molecule has 8 heteroatoms. The molecule has 1 amide bonds. The van der Waals surface area contributed by atoms with Gasteiger partial charge in [-0.1, -0.05) is 0 Å². The maximum Gasteiger partial charge on any atom is 0.271 e. The summed E-state index contributed by atoms with van der Waals surface area (Å²) >= 11 is 0. The predicted octanol–water partition coefficient (Wildman–Crippen LogP) is 2.49. The molecule has 1 saturated heterocycles. The van der Waals surface area contributed by atoms with Crippen LogP contribution in [0.5, 0.6) is 11.5 Å². The van der Waals surface area contributed by atoms with Crippen LogP contribution in [0.25, 0.3) is 11.3 Å². The lowest BCUT2D eigenvalue weighted by atomic mass is 10.1. The first kappa shape index (κ1) is 20.9. The van der Waals surface area contributed by atoms with Crippen molar-refractivity contribution in [3.63, 3.8) is 0 Å². The molecule has 1 aliphatic rings. The van der Waals surface area contributed by atoms with Gasteiger partial charge in [0.2, 0.25) is 0 Å². The number of H-pyrrole nitrogens is 1. The topological polar surface area (TPSA) is 83.6 Å². The number of hydrogen-bond donors (Lipinski definition) is 1. The van der Waals surface area contributed by atoms with Gasteiger partial charge in [-0.15, -0.1) is 0 Å². The van der Waals surface area contributed by atoms with Gasteiger partial charge < -0.3 is 14.4 Å². The van der Waals surface area contributed by atoms with Crippen molar-refractivity contribution in [3.05, 3.63) is 60.0 Å². The number of nitrogens with zero attached hydrogens (tertiary/aromatic N) is 4. The largest absolute Gasteiger partial charge is 0.493 e. The first-order chi connectivity index (χ1) is 15.2. The van der Waals surface area contributed by atoms with Gasteiger partial charge >= 0.3 is 0 Å². The van der Waals surface area contributed by atoms with Crippen LogP contribution >= 0.6 is 0 Å². The third-order valence-electron chi connectivity index (χ3n) is 5.61. The van der Waals surface area contributed by atoms with E-state index in [-0.39, 0.29) is 5.91 Å². The summed E-state index contributed by atoms with van der Waals surface area (Å²) in [6.45, 7) is 4.14. The number of aromatic amines is 1. The number of amides is 1. The number of carbonyl (C=O) groups is 1. The van der Waals surface area contributed by atoms with Crippen LogP contribution in [0, 0.1) is 0 Å². The maximum absolute atomic E-state index is 12.9. The fraction of sp³-hybridized carbons (Fsp3) is 0.348. The van der Waals surface area contributed by atoms with Gasteiger partial charge in [0.05, 0.1) is 19.9 Å². The highest BCUT2D eigenvalue weighted by molar-refractivity contribution is 5.93. The molecular formula is C23H27N5O3. The maximum atomic E-state index is 12.9. The minimum Gasteiger partial charge on any atom is -0.493 e. The number of nitrogens with one attached hydrogen (secondary N) is 1. The molecule has 0 bridgehead atoms. The molecule has 0 saturated carbocycles. The molecule has 1 aliphatic heterocycles. The van der Waals surface area contributed by atoms with Crippen molar-refractivity contribution < 1.29 is 14.3 Å². The molecule has 1 fully saturated rings. The van der Waals surface area contributed by atoms with Gasteiger partial charge in [-0.25, -0.2) is 0 Å². The zero-order chi connectivity index (χ0) is 21.6. The summed E-state index contributed by atoms with van der Waals surface area (Å²) in [6, 6.07) is 11.5. The molecule has 0 spiro atoms. The molecule has 0 unspecified atom stereocenters. The summed E-state index contributed by atoms with van der Waals surface area (Å²) in [7, 11) is 3.19. The minimum absolute atomic E-state index is 0.0204. The highest BCUT2D eigenvalue weighted by Gasteiger charge is 2.23. The Morgan fingerprint density at radius 1 is 1.00 bits per heavy atom. The van der Waals surface area contributed by atoms with E-state index >= 15 is 0 Å². The Balaban J connectivity index is 1.34. The number of benzene rings is 1. The van der Waals surface area contributed by atoms with Crippen molar-refractivity contribution >= 4 is 5.91 Å². The van der Waals surface area contributed by atoms with Gasteiger partial charge in [0.15, 0.2) is 11.5 Å². The van der Waals surface area contributed by atoms with E-state index in [1.54, 1.807) is 20.3 Å². The van der Waals surface area contributed by atoms with Crippen LogP contribution in [0.4, 0.5) is 0 Å². The standard InChI is InChI=1S/C23H27N5O3/c1-30-21-4-3-18(15-22(21)31-2)19-16-20(26-25-19)23(29)28-13-11-27(12-14-28)10-7-17-5-8-24-9-6-17/h3-6,8-9,15-16H,7,10-14H2,1-2H3,(H,25,26). The van der Waals surface area contributed by atoms with Gasteiger partial charge in [-0.3, -0.25) is 19.8 Å². The summed E-state index contributed by atoms with van der Waals surface area (Å²) in [5.74, 6) is 1.26. The van der Waals surface area contributed by atoms with Crippen molar-refractivity contribution in [3.8, 4) is 22.8 Å². The van der Waals surface area contributed by atoms with Gasteiger partial charge in [0.25, 0.3) is 5.91 Å². The van der Waals surface area contributed by atoms with Crippen molar-refractivity contribution in [2.24, 2.45) is 0 Å². The van der Waals surface area contributed by atoms with Crippen molar-refractivity contribution in [2.45, 2.75) is 6.42 Å². The minimum atomic E-state index is -0.0204. The summed E-state index contributed by atoms with van der Waals surface area (Å²) in [4.78, 5) is 21.3. The average Bonchev–Trinajstić information content (AvgIpc) is 3.33. The first-order valence-electron chi connectivity index (χ1n) is 10.4. The predicted molar refractivity (Wildman–Crippen MR) is 117 cm³/mol. The molecule has 4 rings (SSSR count). The average molecular weight is 422 g/mol. The number of pyridine rings is 1. The van der Waals surface area contributed by atoms with E-state index in [2.05, 4.69) is 20.1 Å². The molecule has 0 radical (unpaired) electrons. The van der Waals surface area contributed by atoms with Crippen LogP contribution in [0.1, 0.15) is 16.1 Å². The van der Waals surface area contributed by atoms with Crippen molar-refractivity contribution in [2.75, 3.05) is 46.9 Å². The lowest BCUT2D eigenvalue weighted by molar-refractivity contribution is 0.0632. The van der Waals surface area contributed by atoms with E-state index in [0.29, 0.717) is 36.0 Å². The number of rotatable bonds is 7. The monoisotopic (exact) mass is 421 g/mol. The number of carbonyl (C=O) groups excluding carboxylic acids is 1. The number of aromatic nitrogens is 3. The Morgan fingerprint density at radius 2 is 1.74 bits per heavy atom. The highest BCUT2D eigenvalue weighted by Crippen LogP contribution is 2.31. The Labute approximate surface area is 181 Å². The molecule has 8 nitrogen and oxygen atoms in total. The van der Waals surface area contributed by atoms with Crippen LogP contribution in [0.2, 0.25) is 0 Å². The second kappa shape index (κ2) is 9.61. The van der Waals surface area contributed by atoms with Crippen LogP contribution < -0.4 is 9.47 Å². The normalized spacial score (nSPS) is 14.5. The molecule has 3 aromatic rings. The zero-order valence-electron chi connectivity index (χ0n) is 17.9. The molecule has 0 aliphatic carbocycles. The van der Waals surface area contributed by atoms with Crippen LogP contribution in [-0.4, -0.2) is 77.8 Å². The first-order valence-corrected chi connectivity index (χ1v) is 10.4. The Hall–Kier alpha value is -3.39. The second-order valence-corrected chi connectivity index (χ2v) is 7.48. The Morgan fingerprint density at radius 3 is 2.45 bits per heavy atom. The van der Waals surface area contributed by atoms with E-state index < -0.39 is 0 Å². The van der Waals surface area contributed by atoms with Gasteiger partial charge in [-0.2, -0.15) is 5.10 Å². The van der Waals surface area contributed by atoms with E-state index in [1.165, 1.54) is 5.56 Å². The number of ether oxygens (including phenoxy) is 2. The highest BCUT2D eigenvalue weighted by atomic mass is 16.5. The molecule has 2 aromatic heterocycles. The fourth-order valence-corrected chi connectivity index (χ4v) is 3.76. The number of methoxy groups -OCH3 is 2. The summed E-state index contributed by atoms with van der Waals surface area (Å²) in [5.41, 5.74) is 3.33. The molecule has 162 valence electrons. The van der Waals surface area contributed by atoms with Gasteiger partial charge in [-0.05, 0) is 48.4 Å². The number of piperazine rings is 1. The van der Waals surface area contributed by atoms with Crippen LogP contribution in [0.3, 0.4) is 0 Å². The molecule has 1 aromatic carbocycles. The van der Waals surface area contributed by atoms with E-state index in [9.17, 15) is 4.79 Å². The van der Waals surface area contributed by atoms with Gasteiger partial charge in [0, 0.05) is 50.7 Å². The smallest absolute Gasteiger partial charge is 0.271 e. The number of hydrogen-bond acceptors (Lipinski definition) is 6. The zero-order valence-corrected chi connectivity index (χ0v) is 17.9. The molecule has 1 N–H and O–H groups in total. The summed E-state index contributed by atoms with van der Waals surface area (Å²) in [5, 5.41) is 7.22. The van der Waals surface area contributed by atoms with E-state index in [0.717, 1.165) is 31.6 Å². The SMILES string of the molecule is COc1ccc(-c2cc(C(=O)N3CCN(CCc4ccncc4)CC3)[nH]n2)cc1OC. The van der Waals surface area contributed by atoms with E-state index in [1.807, 2.05) is 47.6 Å². The second-order valence-electron chi connectivity index (χ2n) is 7.48. The van der Waals surface area contributed by atoms with Gasteiger partial charge in [0.1, 0.15) is 5.69 Å². The summed E-state index contributed by atoms with van der Waals surface area (Å²) < 4.78 is 10.6. The molecule has 0 atom stereocenters. The van der Waals surface area contributed by atoms with Crippen LogP contribution in [0.15, 0.2) is 48.8 Å². The lowest BCUT2D eigenvalue weighted by Gasteiger charge is -2.34. The van der Waals surface area contributed by atoms with Crippen molar-refractivity contribution in [1.29, 1.82) is 0 Å². The molecule has 31 heavy (non-hydrogen) atoms. The van der Waals surface area contributed by atoms with Crippen molar-refractivity contribution in [1.82, 2.24) is 25.0 Å². The summed E-state index contributed by atoms with van der Waals surface area (Å²) in [6.07, 6.45) is 4.64. The molecule has 3 heterocycles. The Bertz CT molecular complexity index is 1010. The third-order valence-corrected chi connectivity index (χ3v) is 5.61. The third kappa shape index (κ3) is 4.86. The molecular weight excluding hydrogens is 394 g/mol. The van der Waals surface area contributed by atoms with Crippen LogP contribution in [-0.2, 0) is 6.42 Å². The quantitative estimate of drug-likeness (QED) is 0.631. The lowest BCUT2D eigenvalue weighted by Crippen LogP contribution is -2.49.